The van der Waals surface area contributed by atoms with Crippen molar-refractivity contribution in [1.29, 1.82) is 0 Å². The first-order valence-electron chi connectivity index (χ1n) is 9.44. The van der Waals surface area contributed by atoms with Crippen molar-refractivity contribution in [3.63, 3.8) is 0 Å². The number of rotatable bonds is 5. The molecular weight excluding hydrogens is 338 g/mol. The minimum Gasteiger partial charge on any atom is -0.369 e. The Bertz CT molecular complexity index is 964. The molecule has 0 spiro atoms. The van der Waals surface area contributed by atoms with Gasteiger partial charge in [-0.1, -0.05) is 48.5 Å². The van der Waals surface area contributed by atoms with Crippen LogP contribution in [0.3, 0.4) is 0 Å². The lowest BCUT2D eigenvalue weighted by molar-refractivity contribution is -0.928. The number of carbonyl (C=O) groups excluding carboxylic acids is 2. The van der Waals surface area contributed by atoms with E-state index in [0.29, 0.717) is 12.1 Å². The van der Waals surface area contributed by atoms with Crippen LogP contribution in [0.5, 0.6) is 0 Å². The number of fused-ring (bicyclic) bond motifs is 1. The molecule has 1 aliphatic rings. The number of aromatic amines is 1. The summed E-state index contributed by atoms with van der Waals surface area (Å²) in [5.41, 5.74) is 8.21. The zero-order valence-corrected chi connectivity index (χ0v) is 15.2. The van der Waals surface area contributed by atoms with Gasteiger partial charge in [0, 0.05) is 28.2 Å². The lowest BCUT2D eigenvalue weighted by Gasteiger charge is -2.33. The number of primary amides is 1. The van der Waals surface area contributed by atoms with Gasteiger partial charge in [0.25, 0.3) is 0 Å². The minimum atomic E-state index is -0.340. The number of carbonyl (C=O) groups is 2. The van der Waals surface area contributed by atoms with E-state index in [9.17, 15) is 9.59 Å². The van der Waals surface area contributed by atoms with E-state index in [-0.39, 0.29) is 23.7 Å². The van der Waals surface area contributed by atoms with E-state index in [1.54, 1.807) is 6.20 Å². The smallest absolute Gasteiger partial charge is 0.226 e. The highest BCUT2D eigenvalue weighted by atomic mass is 16.1. The summed E-state index contributed by atoms with van der Waals surface area (Å²) in [6.45, 7) is 1.46. The highest BCUT2D eigenvalue weighted by molar-refractivity contribution is 6.10. The van der Waals surface area contributed by atoms with Crippen molar-refractivity contribution in [2.45, 2.75) is 18.9 Å². The molecule has 5 nitrogen and oxygen atoms in total. The Morgan fingerprint density at radius 1 is 1.07 bits per heavy atom. The van der Waals surface area contributed by atoms with E-state index in [4.69, 9.17) is 5.73 Å². The number of quaternary nitrogens is 1. The number of para-hydroxylation sites is 1. The molecule has 3 aromatic rings. The maximum Gasteiger partial charge on any atom is 0.226 e. The van der Waals surface area contributed by atoms with E-state index in [1.807, 2.05) is 54.6 Å². The monoisotopic (exact) mass is 362 g/mol. The van der Waals surface area contributed by atoms with Crippen LogP contribution < -0.4 is 10.6 Å². The van der Waals surface area contributed by atoms with E-state index < -0.39 is 0 Å². The van der Waals surface area contributed by atoms with Gasteiger partial charge in [0.1, 0.15) is 0 Å². The lowest BCUT2D eigenvalue weighted by Crippen LogP contribution is -3.14. The van der Waals surface area contributed by atoms with E-state index in [0.717, 1.165) is 40.8 Å². The first-order valence-corrected chi connectivity index (χ1v) is 9.44. The first kappa shape index (κ1) is 17.5. The molecule has 1 aliphatic heterocycles. The molecule has 138 valence electrons. The number of hydrogen-bond acceptors (Lipinski definition) is 2. The Morgan fingerprint density at radius 3 is 2.59 bits per heavy atom. The van der Waals surface area contributed by atoms with Gasteiger partial charge < -0.3 is 15.6 Å². The predicted octanol–water partition coefficient (Wildman–Crippen LogP) is 1.87. The Morgan fingerprint density at radius 2 is 1.81 bits per heavy atom. The topological polar surface area (TPSA) is 80.4 Å². The number of hydrogen-bond donors (Lipinski definition) is 3. The quantitative estimate of drug-likeness (QED) is 0.606. The number of ketones is 1. The number of benzene rings is 2. The Labute approximate surface area is 158 Å². The summed E-state index contributed by atoms with van der Waals surface area (Å²) in [7, 11) is 0. The molecule has 0 bridgehead atoms. The molecular formula is C22H24N3O2+. The molecule has 27 heavy (non-hydrogen) atoms. The molecule has 1 unspecified atom stereocenters. The number of nitrogens with two attached hydrogens (primary N) is 1. The molecule has 0 aliphatic carbocycles. The Hall–Kier alpha value is -2.92. The van der Waals surface area contributed by atoms with Gasteiger partial charge in [-0.25, -0.2) is 0 Å². The van der Waals surface area contributed by atoms with Crippen molar-refractivity contribution in [1.82, 2.24) is 4.98 Å². The van der Waals surface area contributed by atoms with Crippen LogP contribution >= 0.6 is 0 Å². The number of H-pyrrole nitrogens is 1. The van der Waals surface area contributed by atoms with Crippen LogP contribution in [-0.4, -0.2) is 29.8 Å². The summed E-state index contributed by atoms with van der Waals surface area (Å²) in [6.07, 6.45) is 3.51. The maximum atomic E-state index is 13.6. The van der Waals surface area contributed by atoms with Crippen LogP contribution in [-0.2, 0) is 4.79 Å². The average Bonchev–Trinajstić information content (AvgIpc) is 3.13. The minimum absolute atomic E-state index is 0.0822. The van der Waals surface area contributed by atoms with Gasteiger partial charge in [-0.2, -0.15) is 0 Å². The van der Waals surface area contributed by atoms with Gasteiger partial charge >= 0.3 is 0 Å². The van der Waals surface area contributed by atoms with E-state index in [1.165, 1.54) is 0 Å². The van der Waals surface area contributed by atoms with E-state index in [2.05, 4.69) is 4.98 Å². The summed E-state index contributed by atoms with van der Waals surface area (Å²) in [5, 5.41) is 0.936. The maximum absolute atomic E-state index is 13.6. The summed E-state index contributed by atoms with van der Waals surface area (Å²) in [6, 6.07) is 17.4. The predicted molar refractivity (Wildman–Crippen MR) is 104 cm³/mol. The van der Waals surface area contributed by atoms with Crippen molar-refractivity contribution < 1.29 is 14.5 Å². The van der Waals surface area contributed by atoms with Crippen LogP contribution in [0.4, 0.5) is 0 Å². The molecule has 0 radical (unpaired) electrons. The molecule has 1 aromatic heterocycles. The fourth-order valence-electron chi connectivity index (χ4n) is 4.25. The van der Waals surface area contributed by atoms with Crippen LogP contribution in [0.25, 0.3) is 10.9 Å². The zero-order valence-electron chi connectivity index (χ0n) is 15.2. The Balaban J connectivity index is 1.74. The number of piperidine rings is 1. The zero-order chi connectivity index (χ0) is 18.8. The fraction of sp³-hybridized carbons (Fsp3) is 0.273. The van der Waals surface area contributed by atoms with Crippen molar-refractivity contribution in [3.05, 3.63) is 71.9 Å². The standard InChI is InChI=1S/C22H23N3O2/c23-22(27)16-9-6-12-25(14-16)20(15-7-2-1-3-8-15)21(26)18-13-24-19-11-5-4-10-17(18)19/h1-5,7-8,10-11,13,16,20,24H,6,9,12,14H2,(H2,23,27)/p+1/t16-,20-/m0/s1. The van der Waals surface area contributed by atoms with Gasteiger partial charge in [-0.15, -0.1) is 0 Å². The molecule has 4 N–H and O–H groups in total. The highest BCUT2D eigenvalue weighted by Gasteiger charge is 2.38. The third-order valence-corrected chi connectivity index (χ3v) is 5.62. The van der Waals surface area contributed by atoms with Crippen molar-refractivity contribution in [2.24, 2.45) is 11.7 Å². The third kappa shape index (κ3) is 3.38. The first-order chi connectivity index (χ1) is 13.1. The highest BCUT2D eigenvalue weighted by Crippen LogP contribution is 2.24. The summed E-state index contributed by atoms with van der Waals surface area (Å²) >= 11 is 0. The van der Waals surface area contributed by atoms with E-state index >= 15 is 0 Å². The average molecular weight is 362 g/mol. The fourth-order valence-corrected chi connectivity index (χ4v) is 4.25. The van der Waals surface area contributed by atoms with Crippen molar-refractivity contribution in [2.75, 3.05) is 13.1 Å². The second kappa shape index (κ2) is 7.37. The summed E-state index contributed by atoms with van der Waals surface area (Å²) in [5.74, 6) is -0.354. The molecule has 5 heteroatoms. The van der Waals surface area contributed by atoms with Crippen molar-refractivity contribution in [3.8, 4) is 0 Å². The molecule has 1 saturated heterocycles. The van der Waals surface area contributed by atoms with Gasteiger partial charge in [-0.3, -0.25) is 9.59 Å². The third-order valence-electron chi connectivity index (χ3n) is 5.62. The summed E-state index contributed by atoms with van der Waals surface area (Å²) in [4.78, 5) is 29.7. The summed E-state index contributed by atoms with van der Waals surface area (Å²) < 4.78 is 0. The molecule has 2 heterocycles. The second-order valence-corrected chi connectivity index (χ2v) is 7.31. The number of amides is 1. The van der Waals surface area contributed by atoms with Crippen LogP contribution in [0.2, 0.25) is 0 Å². The van der Waals surface area contributed by atoms with Gasteiger partial charge in [0.15, 0.2) is 6.04 Å². The molecule has 0 saturated carbocycles. The molecule has 3 atom stereocenters. The van der Waals surface area contributed by atoms with Crippen LogP contribution in [0.15, 0.2) is 60.8 Å². The number of nitrogens with one attached hydrogen (secondary N) is 2. The number of Topliss-reactive ketones (excluding diaryl/α,β-unsaturated/α-hetero) is 1. The van der Waals surface area contributed by atoms with Crippen LogP contribution in [0.1, 0.15) is 34.8 Å². The van der Waals surface area contributed by atoms with Gasteiger partial charge in [-0.05, 0) is 18.9 Å². The van der Waals surface area contributed by atoms with Gasteiger partial charge in [0.2, 0.25) is 11.7 Å². The molecule has 2 aromatic carbocycles. The van der Waals surface area contributed by atoms with Gasteiger partial charge in [0.05, 0.1) is 19.0 Å². The normalized spacial score (nSPS) is 21.0. The molecule has 4 rings (SSSR count). The van der Waals surface area contributed by atoms with Crippen molar-refractivity contribution >= 4 is 22.6 Å². The number of aromatic nitrogens is 1. The number of likely N-dealkylation sites (tertiary alicyclic amines) is 1. The van der Waals surface area contributed by atoms with Crippen LogP contribution in [0, 0.1) is 5.92 Å². The Kier molecular flexibility index (Phi) is 4.77. The molecule has 1 fully saturated rings. The SMILES string of the molecule is NC(=O)[C@H]1CCC[NH+]([C@H](C(=O)c2c[nH]c3ccccc23)c2ccccc2)C1. The largest absolute Gasteiger partial charge is 0.369 e. The lowest BCUT2D eigenvalue weighted by atomic mass is 9.90. The molecule has 1 amide bonds. The second-order valence-electron chi connectivity index (χ2n) is 7.31.